The Morgan fingerprint density at radius 3 is 2.72 bits per heavy atom. The average Bonchev–Trinajstić information content (AvgIpc) is 2.28. The fourth-order valence-electron chi connectivity index (χ4n) is 2.49. The van der Waals surface area contributed by atoms with E-state index in [4.69, 9.17) is 0 Å². The van der Waals surface area contributed by atoms with Crippen LogP contribution in [0.4, 0.5) is 18.9 Å². The molecule has 1 aliphatic carbocycles. The molecule has 1 aliphatic rings. The van der Waals surface area contributed by atoms with Gasteiger partial charge in [0.1, 0.15) is 0 Å². The summed E-state index contributed by atoms with van der Waals surface area (Å²) in [6, 6.07) is 1.80. The van der Waals surface area contributed by atoms with Crippen LogP contribution in [-0.4, -0.2) is 17.2 Å². The topological polar surface area (TPSA) is 24.9 Å². The highest BCUT2D eigenvalue weighted by Gasteiger charge is 2.42. The lowest BCUT2D eigenvalue weighted by Gasteiger charge is -2.31. The van der Waals surface area contributed by atoms with E-state index in [1.54, 1.807) is 12.4 Å². The number of halogens is 3. The van der Waals surface area contributed by atoms with Crippen molar-refractivity contribution in [1.29, 1.82) is 0 Å². The molecule has 100 valence electrons. The standard InChI is InChI=1S/C13H17F3N2/c1-9-5-12(8-17-7-9)18-11-4-2-3-10(6-11)13(14,15)16/h5,7-8,10-11,18H,2-4,6H2,1H3. The molecule has 1 aromatic rings. The Hall–Kier alpha value is -1.26. The monoisotopic (exact) mass is 258 g/mol. The van der Waals surface area contributed by atoms with Gasteiger partial charge in [-0.25, -0.2) is 0 Å². The number of nitrogens with zero attached hydrogens (tertiary/aromatic N) is 1. The molecule has 1 heterocycles. The predicted molar refractivity (Wildman–Crippen MR) is 64.4 cm³/mol. The van der Waals surface area contributed by atoms with E-state index in [0.29, 0.717) is 6.42 Å². The highest BCUT2D eigenvalue weighted by molar-refractivity contribution is 5.43. The summed E-state index contributed by atoms with van der Waals surface area (Å²) < 4.78 is 38.0. The van der Waals surface area contributed by atoms with E-state index in [9.17, 15) is 13.2 Å². The molecule has 1 aromatic heterocycles. The summed E-state index contributed by atoms with van der Waals surface area (Å²) in [6.07, 6.45) is 1.16. The first kappa shape index (κ1) is 13.2. The van der Waals surface area contributed by atoms with Crippen molar-refractivity contribution in [2.24, 2.45) is 5.92 Å². The normalized spacial score (nSPS) is 24.9. The lowest BCUT2D eigenvalue weighted by Crippen LogP contribution is -2.34. The van der Waals surface area contributed by atoms with Crippen molar-refractivity contribution in [2.45, 2.75) is 44.8 Å². The number of hydrogen-bond acceptors (Lipinski definition) is 2. The largest absolute Gasteiger partial charge is 0.391 e. The van der Waals surface area contributed by atoms with Gasteiger partial charge in [-0.2, -0.15) is 13.2 Å². The number of aryl methyl sites for hydroxylation is 1. The summed E-state index contributed by atoms with van der Waals surface area (Å²) in [7, 11) is 0. The van der Waals surface area contributed by atoms with Crippen LogP contribution in [0.15, 0.2) is 18.5 Å². The van der Waals surface area contributed by atoms with Crippen molar-refractivity contribution in [3.05, 3.63) is 24.0 Å². The molecule has 0 saturated heterocycles. The quantitative estimate of drug-likeness (QED) is 0.869. The highest BCUT2D eigenvalue weighted by atomic mass is 19.4. The van der Waals surface area contributed by atoms with Gasteiger partial charge >= 0.3 is 6.18 Å². The first-order valence-electron chi connectivity index (χ1n) is 6.20. The number of hydrogen-bond donors (Lipinski definition) is 1. The molecule has 5 heteroatoms. The molecule has 1 fully saturated rings. The van der Waals surface area contributed by atoms with Crippen LogP contribution < -0.4 is 5.32 Å². The summed E-state index contributed by atoms with van der Waals surface area (Å²) in [5.74, 6) is -1.17. The maximum absolute atomic E-state index is 12.7. The summed E-state index contributed by atoms with van der Waals surface area (Å²) in [5.41, 5.74) is 1.81. The zero-order chi connectivity index (χ0) is 13.2. The van der Waals surface area contributed by atoms with Gasteiger partial charge in [-0.3, -0.25) is 4.98 Å². The molecule has 1 saturated carbocycles. The molecule has 2 atom stereocenters. The van der Waals surface area contributed by atoms with E-state index in [0.717, 1.165) is 17.7 Å². The maximum atomic E-state index is 12.7. The Bertz CT molecular complexity index is 403. The van der Waals surface area contributed by atoms with E-state index in [2.05, 4.69) is 10.3 Å². The van der Waals surface area contributed by atoms with Crippen molar-refractivity contribution in [3.63, 3.8) is 0 Å². The van der Waals surface area contributed by atoms with E-state index in [1.165, 1.54) is 0 Å². The maximum Gasteiger partial charge on any atom is 0.391 e. The van der Waals surface area contributed by atoms with E-state index in [1.807, 2.05) is 13.0 Å². The van der Waals surface area contributed by atoms with Gasteiger partial charge in [0.15, 0.2) is 0 Å². The van der Waals surface area contributed by atoms with Crippen LogP contribution in [0.1, 0.15) is 31.2 Å². The molecule has 0 aromatic carbocycles. The van der Waals surface area contributed by atoms with Crippen molar-refractivity contribution >= 4 is 5.69 Å². The molecule has 2 rings (SSSR count). The van der Waals surface area contributed by atoms with Crippen LogP contribution in [0.3, 0.4) is 0 Å². The van der Waals surface area contributed by atoms with Gasteiger partial charge in [-0.1, -0.05) is 6.42 Å². The number of anilines is 1. The third kappa shape index (κ3) is 3.37. The first-order valence-corrected chi connectivity index (χ1v) is 6.20. The summed E-state index contributed by atoms with van der Waals surface area (Å²) in [4.78, 5) is 4.03. The number of rotatable bonds is 2. The van der Waals surface area contributed by atoms with Crippen LogP contribution in [-0.2, 0) is 0 Å². The number of aromatic nitrogens is 1. The minimum atomic E-state index is -4.06. The van der Waals surface area contributed by atoms with Crippen LogP contribution in [0.2, 0.25) is 0 Å². The number of nitrogens with one attached hydrogen (secondary N) is 1. The Balaban J connectivity index is 1.98. The van der Waals surface area contributed by atoms with Crippen molar-refractivity contribution in [2.75, 3.05) is 5.32 Å². The second-order valence-electron chi connectivity index (χ2n) is 5.00. The fraction of sp³-hybridized carbons (Fsp3) is 0.615. The number of alkyl halides is 3. The van der Waals surface area contributed by atoms with Crippen LogP contribution in [0.25, 0.3) is 0 Å². The van der Waals surface area contributed by atoms with Crippen molar-refractivity contribution in [3.8, 4) is 0 Å². The molecule has 0 spiro atoms. The molecule has 1 N–H and O–H groups in total. The SMILES string of the molecule is Cc1cncc(NC2CCCC(C(F)(F)F)C2)c1. The molecule has 2 unspecified atom stereocenters. The zero-order valence-electron chi connectivity index (χ0n) is 10.3. The highest BCUT2D eigenvalue weighted by Crippen LogP contribution is 2.38. The molecule has 0 radical (unpaired) electrons. The van der Waals surface area contributed by atoms with E-state index < -0.39 is 12.1 Å². The first-order chi connectivity index (χ1) is 8.45. The molecule has 2 nitrogen and oxygen atoms in total. The van der Waals surface area contributed by atoms with Gasteiger partial charge in [0.05, 0.1) is 11.6 Å². The Morgan fingerprint density at radius 2 is 2.06 bits per heavy atom. The Labute approximate surface area is 105 Å². The summed E-state index contributed by atoms with van der Waals surface area (Å²) >= 11 is 0. The third-order valence-corrected chi connectivity index (χ3v) is 3.38. The van der Waals surface area contributed by atoms with Crippen LogP contribution in [0.5, 0.6) is 0 Å². The molecular weight excluding hydrogens is 241 g/mol. The Morgan fingerprint density at radius 1 is 1.28 bits per heavy atom. The second-order valence-corrected chi connectivity index (χ2v) is 5.00. The van der Waals surface area contributed by atoms with Crippen molar-refractivity contribution in [1.82, 2.24) is 4.98 Å². The van der Waals surface area contributed by atoms with Gasteiger partial charge in [-0.15, -0.1) is 0 Å². The molecular formula is C13H17F3N2. The predicted octanol–water partition coefficient (Wildman–Crippen LogP) is 3.92. The average molecular weight is 258 g/mol. The van der Waals surface area contributed by atoms with E-state index in [-0.39, 0.29) is 18.9 Å². The molecule has 18 heavy (non-hydrogen) atoms. The second kappa shape index (κ2) is 5.16. The lowest BCUT2D eigenvalue weighted by atomic mass is 9.85. The third-order valence-electron chi connectivity index (χ3n) is 3.38. The van der Waals surface area contributed by atoms with Crippen LogP contribution in [0, 0.1) is 12.8 Å². The van der Waals surface area contributed by atoms with Crippen molar-refractivity contribution < 1.29 is 13.2 Å². The lowest BCUT2D eigenvalue weighted by molar-refractivity contribution is -0.182. The van der Waals surface area contributed by atoms with Gasteiger partial charge < -0.3 is 5.32 Å². The van der Waals surface area contributed by atoms with Gasteiger partial charge in [0.2, 0.25) is 0 Å². The zero-order valence-corrected chi connectivity index (χ0v) is 10.3. The Kier molecular flexibility index (Phi) is 3.78. The molecule has 0 aliphatic heterocycles. The summed E-state index contributed by atoms with van der Waals surface area (Å²) in [6.45, 7) is 1.91. The smallest absolute Gasteiger partial charge is 0.381 e. The van der Waals surface area contributed by atoms with Crippen LogP contribution >= 0.6 is 0 Å². The van der Waals surface area contributed by atoms with Gasteiger partial charge in [0, 0.05) is 18.4 Å². The molecule has 0 amide bonds. The minimum Gasteiger partial charge on any atom is -0.381 e. The fourth-order valence-corrected chi connectivity index (χ4v) is 2.49. The summed E-state index contributed by atoms with van der Waals surface area (Å²) in [5, 5.41) is 3.16. The van der Waals surface area contributed by atoms with Gasteiger partial charge in [0.25, 0.3) is 0 Å². The minimum absolute atomic E-state index is 0.103. The molecule has 0 bridgehead atoms. The van der Waals surface area contributed by atoms with E-state index >= 15 is 0 Å². The number of pyridine rings is 1. The van der Waals surface area contributed by atoms with Gasteiger partial charge in [-0.05, 0) is 37.8 Å².